The van der Waals surface area contributed by atoms with E-state index in [2.05, 4.69) is 17.4 Å². The van der Waals surface area contributed by atoms with E-state index in [-0.39, 0.29) is 0 Å². The molecule has 3 heteroatoms. The number of hydrogen-bond acceptors (Lipinski definition) is 3. The molecular weight excluding hydrogens is 270 g/mol. The second-order valence-electron chi connectivity index (χ2n) is 5.81. The molecule has 0 aliphatic heterocycles. The van der Waals surface area contributed by atoms with E-state index in [1.165, 1.54) is 37.7 Å². The summed E-state index contributed by atoms with van der Waals surface area (Å²) in [6.45, 7) is 1.03. The Morgan fingerprint density at radius 1 is 0.636 bits per heavy atom. The standard InChI is InChI=1S/C19H27N3/c20-17-9-7-16(8-10-17)6-4-2-1-3-5-15-22-19-13-11-18(21)12-14-19/h7-14,22H,1-6,15,20-21H2. The Kier molecular flexibility index (Phi) is 6.62. The molecular formula is C19H27N3. The average molecular weight is 297 g/mol. The molecule has 5 N–H and O–H groups in total. The molecule has 0 saturated heterocycles. The average Bonchev–Trinajstić information content (AvgIpc) is 2.53. The van der Waals surface area contributed by atoms with Crippen LogP contribution in [0.3, 0.4) is 0 Å². The Labute approximate surface area is 133 Å². The number of benzene rings is 2. The lowest BCUT2D eigenvalue weighted by atomic mass is 10.1. The molecule has 0 unspecified atom stereocenters. The van der Waals surface area contributed by atoms with Gasteiger partial charge < -0.3 is 16.8 Å². The highest BCUT2D eigenvalue weighted by atomic mass is 14.9. The van der Waals surface area contributed by atoms with E-state index < -0.39 is 0 Å². The second-order valence-corrected chi connectivity index (χ2v) is 5.81. The summed E-state index contributed by atoms with van der Waals surface area (Å²) in [5, 5.41) is 3.43. The number of nitrogens with one attached hydrogen (secondary N) is 1. The number of nitrogens with two attached hydrogens (primary N) is 2. The van der Waals surface area contributed by atoms with Crippen LogP contribution in [0.5, 0.6) is 0 Å². The predicted molar refractivity (Wildman–Crippen MR) is 97.0 cm³/mol. The third-order valence-corrected chi connectivity index (χ3v) is 3.86. The number of anilines is 3. The maximum atomic E-state index is 5.69. The van der Waals surface area contributed by atoms with Crippen LogP contribution < -0.4 is 16.8 Å². The molecule has 118 valence electrons. The summed E-state index contributed by atoms with van der Waals surface area (Å²) in [6.07, 6.45) is 7.51. The quantitative estimate of drug-likeness (QED) is 0.473. The van der Waals surface area contributed by atoms with Crippen molar-refractivity contribution in [1.82, 2.24) is 0 Å². The Balaban J connectivity index is 1.47. The van der Waals surface area contributed by atoms with Gasteiger partial charge in [0.25, 0.3) is 0 Å². The van der Waals surface area contributed by atoms with E-state index in [1.54, 1.807) is 0 Å². The Morgan fingerprint density at radius 2 is 1.18 bits per heavy atom. The highest BCUT2D eigenvalue weighted by Crippen LogP contribution is 2.12. The van der Waals surface area contributed by atoms with Gasteiger partial charge in [-0.25, -0.2) is 0 Å². The third-order valence-electron chi connectivity index (χ3n) is 3.86. The molecule has 0 bridgehead atoms. The summed E-state index contributed by atoms with van der Waals surface area (Å²) in [6, 6.07) is 16.1. The first-order chi connectivity index (χ1) is 10.7. The molecule has 0 saturated carbocycles. The SMILES string of the molecule is Nc1ccc(CCCCCCCNc2ccc(N)cc2)cc1. The number of nitrogen functional groups attached to an aromatic ring is 2. The first-order valence-electron chi connectivity index (χ1n) is 8.18. The summed E-state index contributed by atoms with van der Waals surface area (Å²) in [5.41, 5.74) is 15.5. The molecule has 2 rings (SSSR count). The van der Waals surface area contributed by atoms with Gasteiger partial charge in [-0.3, -0.25) is 0 Å². The molecule has 0 atom stereocenters. The van der Waals surface area contributed by atoms with Gasteiger partial charge in [0.15, 0.2) is 0 Å². The van der Waals surface area contributed by atoms with Gasteiger partial charge >= 0.3 is 0 Å². The summed E-state index contributed by atoms with van der Waals surface area (Å²) in [7, 11) is 0. The third kappa shape index (κ3) is 6.08. The van der Waals surface area contributed by atoms with E-state index in [4.69, 9.17) is 11.5 Å². The van der Waals surface area contributed by atoms with Crippen LogP contribution in [0, 0.1) is 0 Å². The van der Waals surface area contributed by atoms with Crippen molar-refractivity contribution in [3.05, 3.63) is 54.1 Å². The molecule has 3 nitrogen and oxygen atoms in total. The minimum absolute atomic E-state index is 0.812. The van der Waals surface area contributed by atoms with Gasteiger partial charge in [-0.2, -0.15) is 0 Å². The van der Waals surface area contributed by atoms with E-state index in [0.717, 1.165) is 30.0 Å². The first kappa shape index (κ1) is 16.2. The van der Waals surface area contributed by atoms with Gasteiger partial charge in [0.1, 0.15) is 0 Å². The summed E-state index contributed by atoms with van der Waals surface area (Å²) >= 11 is 0. The Morgan fingerprint density at radius 3 is 1.86 bits per heavy atom. The van der Waals surface area contributed by atoms with E-state index >= 15 is 0 Å². The van der Waals surface area contributed by atoms with Crippen molar-refractivity contribution in [3.63, 3.8) is 0 Å². The second kappa shape index (κ2) is 8.98. The first-order valence-corrected chi connectivity index (χ1v) is 8.18. The van der Waals surface area contributed by atoms with Crippen molar-refractivity contribution in [2.24, 2.45) is 0 Å². The monoisotopic (exact) mass is 297 g/mol. The lowest BCUT2D eigenvalue weighted by Crippen LogP contribution is -2.01. The zero-order valence-corrected chi connectivity index (χ0v) is 13.2. The smallest absolute Gasteiger partial charge is 0.0341 e. The highest BCUT2D eigenvalue weighted by Gasteiger charge is 1.95. The van der Waals surface area contributed by atoms with Crippen LogP contribution in [0.25, 0.3) is 0 Å². The topological polar surface area (TPSA) is 64.1 Å². The highest BCUT2D eigenvalue weighted by molar-refractivity contribution is 5.51. The number of hydrogen-bond donors (Lipinski definition) is 3. The molecule has 0 amide bonds. The van der Waals surface area contributed by atoms with Crippen LogP contribution in [0.4, 0.5) is 17.1 Å². The van der Waals surface area contributed by atoms with Crippen LogP contribution in [-0.2, 0) is 6.42 Å². The minimum atomic E-state index is 0.812. The normalized spacial score (nSPS) is 10.5. The Hall–Kier alpha value is -2.16. The number of aryl methyl sites for hydroxylation is 1. The molecule has 0 fully saturated rings. The zero-order chi connectivity index (χ0) is 15.6. The summed E-state index contributed by atoms with van der Waals surface area (Å²) in [4.78, 5) is 0. The zero-order valence-electron chi connectivity index (χ0n) is 13.2. The lowest BCUT2D eigenvalue weighted by Gasteiger charge is -2.07. The fourth-order valence-electron chi connectivity index (χ4n) is 2.50. The molecule has 2 aromatic rings. The molecule has 2 aromatic carbocycles. The van der Waals surface area contributed by atoms with E-state index in [0.29, 0.717) is 0 Å². The Bertz CT molecular complexity index is 480. The fourth-order valence-corrected chi connectivity index (χ4v) is 2.50. The summed E-state index contributed by atoms with van der Waals surface area (Å²) in [5.74, 6) is 0. The van der Waals surface area contributed by atoms with Gasteiger partial charge in [0, 0.05) is 23.6 Å². The van der Waals surface area contributed by atoms with Crippen LogP contribution in [0.2, 0.25) is 0 Å². The summed E-state index contributed by atoms with van der Waals surface area (Å²) < 4.78 is 0. The van der Waals surface area contributed by atoms with Crippen molar-refractivity contribution < 1.29 is 0 Å². The maximum Gasteiger partial charge on any atom is 0.0341 e. The van der Waals surface area contributed by atoms with Crippen LogP contribution in [0.15, 0.2) is 48.5 Å². The van der Waals surface area contributed by atoms with Gasteiger partial charge in [-0.15, -0.1) is 0 Å². The van der Waals surface area contributed by atoms with Crippen molar-refractivity contribution >= 4 is 17.1 Å². The van der Waals surface area contributed by atoms with E-state index in [9.17, 15) is 0 Å². The lowest BCUT2D eigenvalue weighted by molar-refractivity contribution is 0.624. The van der Waals surface area contributed by atoms with Crippen LogP contribution in [0.1, 0.15) is 37.7 Å². The van der Waals surface area contributed by atoms with Crippen molar-refractivity contribution in [1.29, 1.82) is 0 Å². The molecule has 0 heterocycles. The molecule has 22 heavy (non-hydrogen) atoms. The molecule has 0 spiro atoms. The largest absolute Gasteiger partial charge is 0.399 e. The van der Waals surface area contributed by atoms with Crippen molar-refractivity contribution in [2.75, 3.05) is 23.3 Å². The number of unbranched alkanes of at least 4 members (excludes halogenated alkanes) is 4. The molecule has 0 aromatic heterocycles. The minimum Gasteiger partial charge on any atom is -0.399 e. The van der Waals surface area contributed by atoms with Gasteiger partial charge in [0.05, 0.1) is 0 Å². The van der Waals surface area contributed by atoms with Crippen molar-refractivity contribution in [2.45, 2.75) is 38.5 Å². The number of rotatable bonds is 9. The molecule has 0 aliphatic carbocycles. The predicted octanol–water partition coefficient (Wildman–Crippen LogP) is 4.46. The maximum absolute atomic E-state index is 5.69. The van der Waals surface area contributed by atoms with E-state index in [1.807, 2.05) is 36.4 Å². The van der Waals surface area contributed by atoms with Crippen LogP contribution >= 0.6 is 0 Å². The van der Waals surface area contributed by atoms with Gasteiger partial charge in [0.2, 0.25) is 0 Å². The molecule has 0 aliphatic rings. The van der Waals surface area contributed by atoms with Gasteiger partial charge in [-0.05, 0) is 61.2 Å². The van der Waals surface area contributed by atoms with Crippen LogP contribution in [-0.4, -0.2) is 6.54 Å². The molecule has 0 radical (unpaired) electrons. The van der Waals surface area contributed by atoms with Gasteiger partial charge in [-0.1, -0.05) is 31.4 Å². The fraction of sp³-hybridized carbons (Fsp3) is 0.368. The van der Waals surface area contributed by atoms with Crippen molar-refractivity contribution in [3.8, 4) is 0 Å².